The summed E-state index contributed by atoms with van der Waals surface area (Å²) in [4.78, 5) is 28.2. The molecule has 1 aromatic rings. The number of carbonyl (C=O) groups is 2. The minimum Gasteiger partial charge on any atom is -0.348 e. The minimum absolute atomic E-state index is 0.0273. The molecule has 1 aliphatic rings. The van der Waals surface area contributed by atoms with Crippen LogP contribution in [0.1, 0.15) is 43.9 Å². The number of nitrogens with zero attached hydrogens (tertiary/aromatic N) is 2. The topological polar surface area (TPSA) is 52.7 Å². The molecule has 0 bridgehead atoms. The van der Waals surface area contributed by atoms with Gasteiger partial charge in [0.2, 0.25) is 11.8 Å². The highest BCUT2D eigenvalue weighted by molar-refractivity contribution is 5.83. The van der Waals surface area contributed by atoms with Crippen LogP contribution in [0.2, 0.25) is 0 Å². The van der Waals surface area contributed by atoms with Crippen molar-refractivity contribution in [3.05, 3.63) is 35.4 Å². The van der Waals surface area contributed by atoms with Crippen molar-refractivity contribution in [1.29, 1.82) is 0 Å². The van der Waals surface area contributed by atoms with Gasteiger partial charge in [0.05, 0.1) is 18.6 Å². The molecule has 1 saturated heterocycles. The summed E-state index contributed by atoms with van der Waals surface area (Å²) in [6.45, 7) is 5.20. The number of likely N-dealkylation sites (N-methyl/N-ethyl adjacent to an activating group) is 1. The second-order valence-corrected chi connectivity index (χ2v) is 6.75. The van der Waals surface area contributed by atoms with E-state index in [4.69, 9.17) is 0 Å². The summed E-state index contributed by atoms with van der Waals surface area (Å²) < 4.78 is 0. The van der Waals surface area contributed by atoms with Crippen molar-refractivity contribution in [3.63, 3.8) is 0 Å². The normalized spacial score (nSPS) is 19.1. The van der Waals surface area contributed by atoms with E-state index in [2.05, 4.69) is 36.5 Å². The molecule has 2 unspecified atom stereocenters. The highest BCUT2D eigenvalue weighted by atomic mass is 16.2. The van der Waals surface area contributed by atoms with Gasteiger partial charge in [0.1, 0.15) is 0 Å². The number of nitrogens with one attached hydrogen (secondary N) is 1. The first-order chi connectivity index (χ1) is 11.4. The van der Waals surface area contributed by atoms with Crippen molar-refractivity contribution in [2.45, 2.75) is 45.2 Å². The molecule has 1 fully saturated rings. The second kappa shape index (κ2) is 8.29. The monoisotopic (exact) mass is 331 g/mol. The molecule has 1 aliphatic heterocycles. The molecule has 1 heterocycles. The zero-order valence-electron chi connectivity index (χ0n) is 15.2. The van der Waals surface area contributed by atoms with Crippen molar-refractivity contribution < 1.29 is 9.59 Å². The molecule has 0 saturated carbocycles. The summed E-state index contributed by atoms with van der Waals surface area (Å²) in [7, 11) is 3.53. The van der Waals surface area contributed by atoms with E-state index >= 15 is 0 Å². The molecule has 2 amide bonds. The van der Waals surface area contributed by atoms with Gasteiger partial charge in [0.25, 0.3) is 0 Å². The van der Waals surface area contributed by atoms with E-state index in [0.717, 1.165) is 31.4 Å². The number of hydrogen-bond donors (Lipinski definition) is 1. The van der Waals surface area contributed by atoms with Gasteiger partial charge in [-0.25, -0.2) is 0 Å². The van der Waals surface area contributed by atoms with Crippen LogP contribution in [0.5, 0.6) is 0 Å². The maximum Gasteiger partial charge on any atom is 0.239 e. The lowest BCUT2D eigenvalue weighted by molar-refractivity contribution is -0.134. The van der Waals surface area contributed by atoms with Gasteiger partial charge in [-0.05, 0) is 43.9 Å². The zero-order valence-corrected chi connectivity index (χ0v) is 15.2. The van der Waals surface area contributed by atoms with E-state index in [1.54, 1.807) is 19.0 Å². The zero-order chi connectivity index (χ0) is 17.7. The van der Waals surface area contributed by atoms with Crippen molar-refractivity contribution in [2.24, 2.45) is 0 Å². The quantitative estimate of drug-likeness (QED) is 0.867. The molecule has 5 heteroatoms. The minimum atomic E-state index is -0.162. The molecule has 5 nitrogen and oxygen atoms in total. The Balaban J connectivity index is 1.90. The molecule has 2 atom stereocenters. The SMILES string of the molecule is CCc1ccc(C(C)NC(=O)CN2CCCC2C(=O)N(C)C)cc1. The standard InChI is InChI=1S/C19H29N3O2/c1-5-15-8-10-16(11-9-15)14(2)20-18(23)13-22-12-6-7-17(22)19(24)21(3)4/h8-11,14,17H,5-7,12-13H2,1-4H3,(H,20,23). The smallest absolute Gasteiger partial charge is 0.239 e. The van der Waals surface area contributed by atoms with Gasteiger partial charge >= 0.3 is 0 Å². The third-order valence-corrected chi connectivity index (χ3v) is 4.70. The lowest BCUT2D eigenvalue weighted by Gasteiger charge is -2.26. The van der Waals surface area contributed by atoms with Crippen LogP contribution in [0.15, 0.2) is 24.3 Å². The van der Waals surface area contributed by atoms with Gasteiger partial charge in [-0.3, -0.25) is 14.5 Å². The number of carbonyl (C=O) groups excluding carboxylic acids is 2. The largest absolute Gasteiger partial charge is 0.348 e. The van der Waals surface area contributed by atoms with Crippen molar-refractivity contribution in [1.82, 2.24) is 15.1 Å². The molecule has 0 radical (unpaired) electrons. The van der Waals surface area contributed by atoms with E-state index in [1.165, 1.54) is 5.56 Å². The first-order valence-corrected chi connectivity index (χ1v) is 8.75. The Morgan fingerprint density at radius 3 is 2.54 bits per heavy atom. The van der Waals surface area contributed by atoms with Crippen LogP contribution in [0.4, 0.5) is 0 Å². The molecular formula is C19H29N3O2. The number of rotatable bonds is 6. The predicted octanol–water partition coefficient (Wildman–Crippen LogP) is 1.98. The molecule has 0 spiro atoms. The lowest BCUT2D eigenvalue weighted by atomic mass is 10.0. The number of aryl methyl sites for hydroxylation is 1. The number of likely N-dealkylation sites (tertiary alicyclic amines) is 1. The molecule has 24 heavy (non-hydrogen) atoms. The maximum atomic E-state index is 12.4. The van der Waals surface area contributed by atoms with Gasteiger partial charge in [-0.1, -0.05) is 31.2 Å². The third-order valence-electron chi connectivity index (χ3n) is 4.70. The molecule has 0 aromatic heterocycles. The molecule has 132 valence electrons. The van der Waals surface area contributed by atoms with Crippen LogP contribution in [-0.2, 0) is 16.0 Å². The van der Waals surface area contributed by atoms with E-state index in [-0.39, 0.29) is 30.4 Å². The van der Waals surface area contributed by atoms with Gasteiger partial charge < -0.3 is 10.2 Å². The van der Waals surface area contributed by atoms with E-state index in [0.29, 0.717) is 0 Å². The number of amides is 2. The fraction of sp³-hybridized carbons (Fsp3) is 0.579. The molecule has 2 rings (SSSR count). The Morgan fingerprint density at radius 1 is 1.29 bits per heavy atom. The average Bonchev–Trinajstić information content (AvgIpc) is 3.01. The Hall–Kier alpha value is -1.88. The maximum absolute atomic E-state index is 12.4. The van der Waals surface area contributed by atoms with Gasteiger partial charge in [0.15, 0.2) is 0 Å². The van der Waals surface area contributed by atoms with E-state index in [9.17, 15) is 9.59 Å². The van der Waals surface area contributed by atoms with E-state index < -0.39 is 0 Å². The van der Waals surface area contributed by atoms with Crippen molar-refractivity contribution in [3.8, 4) is 0 Å². The Bertz CT molecular complexity index is 568. The summed E-state index contributed by atoms with van der Waals surface area (Å²) in [5.41, 5.74) is 2.39. The lowest BCUT2D eigenvalue weighted by Crippen LogP contribution is -2.46. The second-order valence-electron chi connectivity index (χ2n) is 6.75. The predicted molar refractivity (Wildman–Crippen MR) is 95.7 cm³/mol. The molecular weight excluding hydrogens is 302 g/mol. The molecule has 1 aromatic carbocycles. The van der Waals surface area contributed by atoms with Gasteiger partial charge in [-0.2, -0.15) is 0 Å². The van der Waals surface area contributed by atoms with Crippen LogP contribution in [0, 0.1) is 0 Å². The van der Waals surface area contributed by atoms with Gasteiger partial charge in [0, 0.05) is 14.1 Å². The Morgan fingerprint density at radius 2 is 1.96 bits per heavy atom. The van der Waals surface area contributed by atoms with Crippen molar-refractivity contribution in [2.75, 3.05) is 27.2 Å². The summed E-state index contributed by atoms with van der Waals surface area (Å²) in [6, 6.07) is 8.14. The summed E-state index contributed by atoms with van der Waals surface area (Å²) in [5.74, 6) is 0.0593. The number of benzene rings is 1. The highest BCUT2D eigenvalue weighted by Crippen LogP contribution is 2.19. The Labute approximate surface area is 145 Å². The van der Waals surface area contributed by atoms with Crippen LogP contribution in [0.25, 0.3) is 0 Å². The first-order valence-electron chi connectivity index (χ1n) is 8.75. The fourth-order valence-corrected chi connectivity index (χ4v) is 3.19. The summed E-state index contributed by atoms with van der Waals surface area (Å²) in [6.07, 6.45) is 2.81. The third kappa shape index (κ3) is 4.57. The molecule has 0 aliphatic carbocycles. The van der Waals surface area contributed by atoms with Crippen LogP contribution in [0.3, 0.4) is 0 Å². The summed E-state index contributed by atoms with van der Waals surface area (Å²) >= 11 is 0. The molecule has 1 N–H and O–H groups in total. The van der Waals surface area contributed by atoms with E-state index in [1.807, 2.05) is 11.8 Å². The number of hydrogen-bond acceptors (Lipinski definition) is 3. The van der Waals surface area contributed by atoms with Gasteiger partial charge in [-0.15, -0.1) is 0 Å². The Kier molecular flexibility index (Phi) is 6.37. The average molecular weight is 331 g/mol. The first kappa shape index (κ1) is 18.5. The van der Waals surface area contributed by atoms with Crippen molar-refractivity contribution >= 4 is 11.8 Å². The van der Waals surface area contributed by atoms with Crippen LogP contribution < -0.4 is 5.32 Å². The fourth-order valence-electron chi connectivity index (χ4n) is 3.19. The highest BCUT2D eigenvalue weighted by Gasteiger charge is 2.32. The summed E-state index contributed by atoms with van der Waals surface area (Å²) in [5, 5.41) is 3.04. The van der Waals surface area contributed by atoms with Crippen LogP contribution in [-0.4, -0.2) is 54.8 Å². The van der Waals surface area contributed by atoms with Crippen LogP contribution >= 0.6 is 0 Å².